The van der Waals surface area contributed by atoms with E-state index in [2.05, 4.69) is 5.32 Å². The first-order valence-corrected chi connectivity index (χ1v) is 6.06. The Kier molecular flexibility index (Phi) is 3.88. The van der Waals surface area contributed by atoms with Gasteiger partial charge in [-0.15, -0.1) is 0 Å². The van der Waals surface area contributed by atoms with Crippen LogP contribution in [0.25, 0.3) is 0 Å². The van der Waals surface area contributed by atoms with Crippen LogP contribution in [0.1, 0.15) is 33.3 Å². The maximum absolute atomic E-state index is 12.3. The van der Waals surface area contributed by atoms with Crippen LogP contribution in [-0.4, -0.2) is 17.4 Å². The van der Waals surface area contributed by atoms with Crippen LogP contribution in [0, 0.1) is 0 Å². The summed E-state index contributed by atoms with van der Waals surface area (Å²) in [5.74, 6) is -0.838. The Hall–Kier alpha value is -2.04. The molecule has 1 aromatic carbocycles. The summed E-state index contributed by atoms with van der Waals surface area (Å²) in [5.41, 5.74) is 10.5. The van der Waals surface area contributed by atoms with Crippen LogP contribution in [-0.2, 0) is 15.0 Å². The van der Waals surface area contributed by atoms with Gasteiger partial charge >= 0.3 is 0 Å². The van der Waals surface area contributed by atoms with E-state index in [-0.39, 0.29) is 5.91 Å². The number of benzene rings is 1. The fraction of sp³-hybridized carbons (Fsp3) is 0.429. The number of carbonyl (C=O) groups excluding carboxylic acids is 2. The number of nitrogens with two attached hydrogens (primary N) is 2. The molecule has 0 bridgehead atoms. The molecule has 0 heterocycles. The second kappa shape index (κ2) is 4.91. The summed E-state index contributed by atoms with van der Waals surface area (Å²) in [7, 11) is 0. The van der Waals surface area contributed by atoms with Gasteiger partial charge in [0.2, 0.25) is 11.8 Å². The minimum Gasteiger partial charge on any atom is -0.399 e. The second-order valence-electron chi connectivity index (χ2n) is 5.69. The first-order chi connectivity index (χ1) is 8.57. The normalized spacial score (nSPS) is 12.0. The van der Waals surface area contributed by atoms with Crippen LogP contribution in [0.15, 0.2) is 24.3 Å². The molecule has 5 heteroatoms. The van der Waals surface area contributed by atoms with Crippen LogP contribution in [0.2, 0.25) is 0 Å². The van der Waals surface area contributed by atoms with Crippen molar-refractivity contribution in [3.8, 4) is 0 Å². The van der Waals surface area contributed by atoms with Crippen molar-refractivity contribution in [1.29, 1.82) is 0 Å². The van der Waals surface area contributed by atoms with Gasteiger partial charge < -0.3 is 16.8 Å². The van der Waals surface area contributed by atoms with Crippen molar-refractivity contribution >= 4 is 17.5 Å². The van der Waals surface area contributed by atoms with Gasteiger partial charge in [-0.2, -0.15) is 0 Å². The number of hydrogen-bond donors (Lipinski definition) is 3. The molecule has 19 heavy (non-hydrogen) atoms. The zero-order valence-corrected chi connectivity index (χ0v) is 11.8. The molecular formula is C14H21N3O2. The number of rotatable bonds is 4. The summed E-state index contributed by atoms with van der Waals surface area (Å²) in [6.07, 6.45) is 0. The van der Waals surface area contributed by atoms with Crippen molar-refractivity contribution in [2.75, 3.05) is 5.73 Å². The molecular weight excluding hydrogens is 242 g/mol. The first kappa shape index (κ1) is 15.0. The topological polar surface area (TPSA) is 98.2 Å². The molecule has 0 aliphatic rings. The first-order valence-electron chi connectivity index (χ1n) is 6.06. The zero-order valence-electron chi connectivity index (χ0n) is 11.8. The number of anilines is 1. The molecule has 1 aromatic rings. The fourth-order valence-electron chi connectivity index (χ4n) is 1.53. The molecule has 1 rings (SSSR count). The predicted octanol–water partition coefficient (Wildman–Crippen LogP) is 0.927. The smallest absolute Gasteiger partial charge is 0.242 e. The van der Waals surface area contributed by atoms with Crippen LogP contribution >= 0.6 is 0 Å². The molecule has 0 saturated carbocycles. The highest BCUT2D eigenvalue weighted by atomic mass is 16.2. The zero-order chi connectivity index (χ0) is 14.8. The Balaban J connectivity index is 2.97. The predicted molar refractivity (Wildman–Crippen MR) is 75.3 cm³/mol. The molecule has 0 aromatic heterocycles. The van der Waals surface area contributed by atoms with E-state index in [0.717, 1.165) is 5.56 Å². The van der Waals surface area contributed by atoms with Crippen LogP contribution in [0.3, 0.4) is 0 Å². The molecule has 5 N–H and O–H groups in total. The van der Waals surface area contributed by atoms with Crippen molar-refractivity contribution in [2.24, 2.45) is 5.73 Å². The Morgan fingerprint density at radius 3 is 1.95 bits per heavy atom. The number of nitrogen functional groups attached to an aromatic ring is 1. The molecule has 0 fully saturated rings. The van der Waals surface area contributed by atoms with Crippen molar-refractivity contribution in [1.82, 2.24) is 5.32 Å². The van der Waals surface area contributed by atoms with Crippen molar-refractivity contribution in [3.05, 3.63) is 29.8 Å². The van der Waals surface area contributed by atoms with E-state index in [1.165, 1.54) is 0 Å². The number of primary amides is 1. The van der Waals surface area contributed by atoms with Gasteiger partial charge in [0.15, 0.2) is 0 Å². The lowest BCUT2D eigenvalue weighted by atomic mass is 9.82. The molecule has 0 radical (unpaired) electrons. The maximum atomic E-state index is 12.3. The molecule has 2 amide bonds. The second-order valence-corrected chi connectivity index (χ2v) is 5.69. The minimum atomic E-state index is -1.08. The lowest BCUT2D eigenvalue weighted by Crippen LogP contribution is -2.56. The molecule has 0 aliphatic carbocycles. The molecule has 5 nitrogen and oxygen atoms in total. The van der Waals surface area contributed by atoms with E-state index in [9.17, 15) is 9.59 Å². The maximum Gasteiger partial charge on any atom is 0.242 e. The third kappa shape index (κ3) is 3.24. The van der Waals surface area contributed by atoms with Gasteiger partial charge in [-0.1, -0.05) is 12.1 Å². The molecule has 0 aliphatic heterocycles. The Morgan fingerprint density at radius 2 is 1.53 bits per heavy atom. The Bertz CT molecular complexity index is 490. The molecule has 0 saturated heterocycles. The summed E-state index contributed by atoms with van der Waals surface area (Å²) >= 11 is 0. The van der Waals surface area contributed by atoms with Crippen molar-refractivity contribution in [3.63, 3.8) is 0 Å². The molecule has 0 unspecified atom stereocenters. The molecule has 0 spiro atoms. The van der Waals surface area contributed by atoms with Gasteiger partial charge in [0.1, 0.15) is 5.54 Å². The molecule has 104 valence electrons. The van der Waals surface area contributed by atoms with Gasteiger partial charge in [0.05, 0.1) is 5.41 Å². The minimum absolute atomic E-state index is 0.263. The van der Waals surface area contributed by atoms with Gasteiger partial charge in [-0.25, -0.2) is 0 Å². The monoisotopic (exact) mass is 263 g/mol. The van der Waals surface area contributed by atoms with Gasteiger partial charge in [0, 0.05) is 5.69 Å². The highest BCUT2D eigenvalue weighted by molar-refractivity contribution is 5.94. The average Bonchev–Trinajstić information content (AvgIpc) is 2.28. The van der Waals surface area contributed by atoms with Crippen molar-refractivity contribution in [2.45, 2.75) is 38.6 Å². The summed E-state index contributed by atoms with van der Waals surface area (Å²) in [6, 6.07) is 7.07. The summed E-state index contributed by atoms with van der Waals surface area (Å²) in [4.78, 5) is 23.6. The lowest BCUT2D eigenvalue weighted by Gasteiger charge is -2.30. The SMILES string of the molecule is CC(C)(NC(=O)C(C)(C)c1ccc(N)cc1)C(N)=O. The third-order valence-corrected chi connectivity index (χ3v) is 3.24. The Morgan fingerprint density at radius 1 is 1.05 bits per heavy atom. The summed E-state index contributed by atoms with van der Waals surface area (Å²) in [6.45, 7) is 6.72. The number of carbonyl (C=O) groups is 2. The van der Waals surface area contributed by atoms with Gasteiger partial charge in [-0.3, -0.25) is 9.59 Å². The summed E-state index contributed by atoms with van der Waals surface area (Å²) < 4.78 is 0. The molecule has 0 atom stereocenters. The highest BCUT2D eigenvalue weighted by Crippen LogP contribution is 2.25. The average molecular weight is 263 g/mol. The van der Waals surface area contributed by atoms with E-state index in [1.807, 2.05) is 0 Å². The van der Waals surface area contributed by atoms with E-state index in [1.54, 1.807) is 52.0 Å². The van der Waals surface area contributed by atoms with Crippen LogP contribution < -0.4 is 16.8 Å². The van der Waals surface area contributed by atoms with Crippen LogP contribution in [0.4, 0.5) is 5.69 Å². The van der Waals surface area contributed by atoms with E-state index < -0.39 is 16.9 Å². The van der Waals surface area contributed by atoms with Crippen molar-refractivity contribution < 1.29 is 9.59 Å². The Labute approximate surface area is 113 Å². The van der Waals surface area contributed by atoms with E-state index >= 15 is 0 Å². The number of nitrogens with one attached hydrogen (secondary N) is 1. The van der Waals surface area contributed by atoms with E-state index in [0.29, 0.717) is 5.69 Å². The number of amides is 2. The quantitative estimate of drug-likeness (QED) is 0.705. The lowest BCUT2D eigenvalue weighted by molar-refractivity contribution is -0.133. The third-order valence-electron chi connectivity index (χ3n) is 3.24. The fourth-order valence-corrected chi connectivity index (χ4v) is 1.53. The van der Waals surface area contributed by atoms with Crippen LogP contribution in [0.5, 0.6) is 0 Å². The number of hydrogen-bond acceptors (Lipinski definition) is 3. The standard InChI is InChI=1S/C14H21N3O2/c1-13(2,9-5-7-10(15)8-6-9)12(19)17-14(3,4)11(16)18/h5-8H,15H2,1-4H3,(H2,16,18)(H,17,19). The van der Waals surface area contributed by atoms with Gasteiger partial charge in [-0.05, 0) is 45.4 Å². The van der Waals surface area contributed by atoms with Gasteiger partial charge in [0.25, 0.3) is 0 Å². The largest absolute Gasteiger partial charge is 0.399 e. The summed E-state index contributed by atoms with van der Waals surface area (Å²) in [5, 5.41) is 2.66. The van der Waals surface area contributed by atoms with E-state index in [4.69, 9.17) is 11.5 Å². The highest BCUT2D eigenvalue weighted by Gasteiger charge is 2.35.